The van der Waals surface area contributed by atoms with Crippen molar-refractivity contribution in [3.8, 4) is 11.8 Å². The summed E-state index contributed by atoms with van der Waals surface area (Å²) in [5, 5.41) is 9.96. The summed E-state index contributed by atoms with van der Waals surface area (Å²) >= 11 is 0. The fraction of sp³-hybridized carbons (Fsp3) is 0.375. The molecule has 0 saturated heterocycles. The minimum absolute atomic E-state index is 0.185. The number of imidazole rings is 1. The van der Waals surface area contributed by atoms with Crippen molar-refractivity contribution in [3.63, 3.8) is 0 Å². The van der Waals surface area contributed by atoms with Crippen molar-refractivity contribution in [2.45, 2.75) is 52.5 Å². The van der Waals surface area contributed by atoms with Gasteiger partial charge in [0.05, 0.1) is 12.2 Å². The maximum absolute atomic E-state index is 9.96. The predicted octanol–water partition coefficient (Wildman–Crippen LogP) is 4.60. The van der Waals surface area contributed by atoms with Gasteiger partial charge in [0.25, 0.3) is 0 Å². The largest absolute Gasteiger partial charge is 0.444 e. The lowest BCUT2D eigenvalue weighted by Gasteiger charge is -2.33. The predicted molar refractivity (Wildman–Crippen MR) is 117 cm³/mol. The van der Waals surface area contributed by atoms with Gasteiger partial charge in [0.2, 0.25) is 5.88 Å². The summed E-state index contributed by atoms with van der Waals surface area (Å²) in [5.74, 6) is 0.745. The Labute approximate surface area is 177 Å². The molecule has 2 aliphatic rings. The highest BCUT2D eigenvalue weighted by molar-refractivity contribution is 6.06. The van der Waals surface area contributed by atoms with Gasteiger partial charge in [-0.2, -0.15) is 5.26 Å². The first-order valence-electron chi connectivity index (χ1n) is 10.3. The maximum atomic E-state index is 9.96. The van der Waals surface area contributed by atoms with Crippen molar-refractivity contribution in [3.05, 3.63) is 71.3 Å². The molecule has 6 heteroatoms. The number of ether oxygens (including phenoxy) is 1. The molecule has 2 atom stereocenters. The molecule has 0 bridgehead atoms. The quantitative estimate of drug-likeness (QED) is 0.796. The van der Waals surface area contributed by atoms with Crippen molar-refractivity contribution in [1.82, 2.24) is 9.55 Å². The Balaban J connectivity index is 1.87. The number of nitrogens with two attached hydrogens (primary N) is 1. The number of hydrogen-bond acceptors (Lipinski definition) is 5. The highest BCUT2D eigenvalue weighted by Gasteiger charge is 2.40. The van der Waals surface area contributed by atoms with Crippen LogP contribution in [-0.4, -0.2) is 21.3 Å². The lowest BCUT2D eigenvalue weighted by Crippen LogP contribution is -2.31. The number of benzene rings is 1. The summed E-state index contributed by atoms with van der Waals surface area (Å²) in [6.45, 7) is 8.59. The second kappa shape index (κ2) is 7.49. The van der Waals surface area contributed by atoms with Crippen LogP contribution in [0.1, 0.15) is 52.0 Å². The molecule has 0 radical (unpaired) electrons. The zero-order valence-corrected chi connectivity index (χ0v) is 17.9. The molecule has 0 saturated carbocycles. The smallest absolute Gasteiger partial charge is 0.205 e. The monoisotopic (exact) mass is 401 g/mol. The fourth-order valence-corrected chi connectivity index (χ4v) is 4.14. The van der Waals surface area contributed by atoms with Crippen molar-refractivity contribution in [1.29, 1.82) is 5.26 Å². The number of rotatable bonds is 2. The molecular formula is C24H27N5O. The normalized spacial score (nSPS) is 22.0. The third-order valence-corrected chi connectivity index (χ3v) is 5.63. The van der Waals surface area contributed by atoms with Gasteiger partial charge in [-0.15, -0.1) is 0 Å². The van der Waals surface area contributed by atoms with Crippen molar-refractivity contribution >= 4 is 5.71 Å². The summed E-state index contributed by atoms with van der Waals surface area (Å²) in [4.78, 5) is 9.16. The van der Waals surface area contributed by atoms with E-state index in [0.29, 0.717) is 5.57 Å². The number of nitrogens with zero attached hydrogens (tertiary/aromatic N) is 4. The molecule has 2 N–H and O–H groups in total. The lowest BCUT2D eigenvalue weighted by molar-refractivity contribution is 0.265. The Hall–Kier alpha value is -3.33. The van der Waals surface area contributed by atoms with Gasteiger partial charge in [-0.25, -0.2) is 4.98 Å². The van der Waals surface area contributed by atoms with Crippen LogP contribution in [0, 0.1) is 16.7 Å². The number of aliphatic imine (C=N–C) groups is 1. The van der Waals surface area contributed by atoms with E-state index in [1.54, 1.807) is 12.5 Å². The highest BCUT2D eigenvalue weighted by atomic mass is 16.5. The Morgan fingerprint density at radius 3 is 2.57 bits per heavy atom. The number of nitriles is 1. The van der Waals surface area contributed by atoms with E-state index in [2.05, 4.69) is 50.9 Å². The lowest BCUT2D eigenvalue weighted by atomic mass is 9.74. The van der Waals surface area contributed by atoms with Gasteiger partial charge in [-0.1, -0.05) is 32.9 Å². The summed E-state index contributed by atoms with van der Waals surface area (Å²) in [6, 6.07) is 10.7. The van der Waals surface area contributed by atoms with Crippen LogP contribution in [0.15, 0.2) is 70.8 Å². The van der Waals surface area contributed by atoms with Crippen LogP contribution in [-0.2, 0) is 4.74 Å². The summed E-state index contributed by atoms with van der Waals surface area (Å²) in [6.07, 6.45) is 7.06. The van der Waals surface area contributed by atoms with E-state index in [0.717, 1.165) is 41.1 Å². The van der Waals surface area contributed by atoms with E-state index in [9.17, 15) is 5.26 Å². The van der Waals surface area contributed by atoms with Crippen LogP contribution in [0.2, 0.25) is 0 Å². The molecule has 2 aliphatic heterocycles. The molecule has 154 valence electrons. The second-order valence-corrected chi connectivity index (χ2v) is 8.94. The summed E-state index contributed by atoms with van der Waals surface area (Å²) in [7, 11) is 0. The van der Waals surface area contributed by atoms with Gasteiger partial charge < -0.3 is 15.0 Å². The minimum atomic E-state index is -0.293. The van der Waals surface area contributed by atoms with Crippen LogP contribution in [0.3, 0.4) is 0 Å². The first-order valence-corrected chi connectivity index (χ1v) is 10.3. The molecule has 0 amide bonds. The van der Waals surface area contributed by atoms with Gasteiger partial charge in [0.15, 0.2) is 0 Å². The van der Waals surface area contributed by atoms with Crippen LogP contribution in [0.5, 0.6) is 0 Å². The molecule has 1 aromatic carbocycles. The summed E-state index contributed by atoms with van der Waals surface area (Å²) in [5.41, 5.74) is 10.5. The van der Waals surface area contributed by atoms with Crippen LogP contribution in [0.4, 0.5) is 0 Å². The zero-order chi connectivity index (χ0) is 21.5. The Morgan fingerprint density at radius 1 is 1.23 bits per heavy atom. The fourth-order valence-electron chi connectivity index (χ4n) is 4.14. The molecule has 1 aromatic heterocycles. The summed E-state index contributed by atoms with van der Waals surface area (Å²) < 4.78 is 7.95. The molecule has 30 heavy (non-hydrogen) atoms. The Morgan fingerprint density at radius 2 is 1.97 bits per heavy atom. The van der Waals surface area contributed by atoms with Crippen LogP contribution >= 0.6 is 0 Å². The SMILES string of the molecule is CC1CCC2=C(C(C(C)(C)C)=N1)C(c1ccc(-n3ccnc3)cc1)C(C#N)=C(N)O2. The average molecular weight is 402 g/mol. The van der Waals surface area contributed by atoms with E-state index < -0.39 is 0 Å². The van der Waals surface area contributed by atoms with Crippen molar-refractivity contribution in [2.24, 2.45) is 16.1 Å². The number of hydrogen-bond donors (Lipinski definition) is 1. The van der Waals surface area contributed by atoms with E-state index >= 15 is 0 Å². The van der Waals surface area contributed by atoms with Crippen molar-refractivity contribution < 1.29 is 4.74 Å². The van der Waals surface area contributed by atoms with E-state index in [4.69, 9.17) is 15.5 Å². The van der Waals surface area contributed by atoms with Gasteiger partial charge in [-0.05, 0) is 31.0 Å². The molecule has 0 aliphatic carbocycles. The third kappa shape index (κ3) is 3.52. The standard InChI is InChI=1S/C24H27N5O/c1-15-5-10-19-21(22(28-15)24(2,3)4)20(18(13-25)23(26)30-19)16-6-8-17(9-7-16)29-12-11-27-14-29/h6-9,11-12,14-15,20H,5,10,26H2,1-4H3. The Kier molecular flexibility index (Phi) is 4.98. The first-order chi connectivity index (χ1) is 14.3. The zero-order valence-electron chi connectivity index (χ0n) is 17.9. The molecule has 4 rings (SSSR count). The van der Waals surface area contributed by atoms with E-state index in [1.165, 1.54) is 0 Å². The number of allylic oxidation sites excluding steroid dienone is 3. The Bertz CT molecular complexity index is 1080. The maximum Gasteiger partial charge on any atom is 0.205 e. The highest BCUT2D eigenvalue weighted by Crippen LogP contribution is 2.45. The first kappa shape index (κ1) is 20.0. The van der Waals surface area contributed by atoms with Gasteiger partial charge in [0, 0.05) is 47.2 Å². The van der Waals surface area contributed by atoms with Gasteiger partial charge >= 0.3 is 0 Å². The van der Waals surface area contributed by atoms with E-state index in [1.807, 2.05) is 22.9 Å². The van der Waals surface area contributed by atoms with Crippen LogP contribution < -0.4 is 5.73 Å². The molecule has 3 heterocycles. The molecule has 0 spiro atoms. The van der Waals surface area contributed by atoms with Crippen LogP contribution in [0.25, 0.3) is 5.69 Å². The second-order valence-electron chi connectivity index (χ2n) is 8.94. The van der Waals surface area contributed by atoms with Crippen molar-refractivity contribution in [2.75, 3.05) is 0 Å². The van der Waals surface area contributed by atoms with Gasteiger partial charge in [0.1, 0.15) is 17.4 Å². The van der Waals surface area contributed by atoms with Gasteiger partial charge in [-0.3, -0.25) is 4.99 Å². The molecular weight excluding hydrogens is 374 g/mol. The number of aromatic nitrogens is 2. The average Bonchev–Trinajstić information content (AvgIpc) is 3.18. The molecule has 2 unspecified atom stereocenters. The topological polar surface area (TPSA) is 89.2 Å². The molecule has 0 fully saturated rings. The molecule has 2 aromatic rings. The minimum Gasteiger partial charge on any atom is -0.444 e. The third-order valence-electron chi connectivity index (χ3n) is 5.63. The van der Waals surface area contributed by atoms with E-state index in [-0.39, 0.29) is 23.3 Å². The molecule has 6 nitrogen and oxygen atoms in total.